The van der Waals surface area contributed by atoms with Crippen LogP contribution in [0, 0.1) is 11.9 Å². The zero-order chi connectivity index (χ0) is 17.3. The summed E-state index contributed by atoms with van der Waals surface area (Å²) in [6, 6.07) is 3.98. The summed E-state index contributed by atoms with van der Waals surface area (Å²) in [5.41, 5.74) is 0.0112. The molecule has 1 saturated heterocycles. The maximum absolute atomic E-state index is 13.9. The van der Waals surface area contributed by atoms with E-state index < -0.39 is 35.6 Å². The first-order chi connectivity index (χ1) is 11.5. The van der Waals surface area contributed by atoms with Crippen LogP contribution in [0.2, 0.25) is 0 Å². The summed E-state index contributed by atoms with van der Waals surface area (Å²) in [6.07, 6.45) is -1.31. The topological polar surface area (TPSA) is 95.7 Å². The molecule has 2 aromatic heterocycles. The second-order valence-electron chi connectivity index (χ2n) is 5.25. The fourth-order valence-corrected chi connectivity index (χ4v) is 3.34. The molecule has 128 valence electrons. The maximum Gasteiger partial charge on any atom is 0.255 e. The van der Waals surface area contributed by atoms with Gasteiger partial charge in [-0.3, -0.25) is 0 Å². The molecular weight excluding hydrogens is 342 g/mol. The highest BCUT2D eigenvalue weighted by atomic mass is 32.2. The molecule has 1 aliphatic rings. The fourth-order valence-electron chi connectivity index (χ4n) is 2.22. The van der Waals surface area contributed by atoms with Crippen molar-refractivity contribution in [2.75, 3.05) is 5.75 Å². The van der Waals surface area contributed by atoms with Gasteiger partial charge >= 0.3 is 0 Å². The van der Waals surface area contributed by atoms with Gasteiger partial charge in [0.15, 0.2) is 11.2 Å². The Kier molecular flexibility index (Phi) is 4.95. The van der Waals surface area contributed by atoms with Gasteiger partial charge in [-0.25, -0.2) is 9.97 Å². The van der Waals surface area contributed by atoms with E-state index in [1.54, 1.807) is 0 Å². The molecule has 0 aromatic carbocycles. The van der Waals surface area contributed by atoms with Crippen LogP contribution >= 0.6 is 11.8 Å². The van der Waals surface area contributed by atoms with Crippen LogP contribution in [0.15, 0.2) is 30.6 Å². The molecule has 0 unspecified atom stereocenters. The minimum Gasteiger partial charge on any atom is -0.472 e. The summed E-state index contributed by atoms with van der Waals surface area (Å²) >= 11 is 1.05. The van der Waals surface area contributed by atoms with Crippen molar-refractivity contribution in [1.82, 2.24) is 9.97 Å². The average Bonchev–Trinajstić information content (AvgIpc) is 2.58. The summed E-state index contributed by atoms with van der Waals surface area (Å²) in [4.78, 5) is 7.11. The summed E-state index contributed by atoms with van der Waals surface area (Å²) < 4.78 is 32.2. The molecule has 3 N–H and O–H groups in total. The normalized spacial score (nSPS) is 27.0. The lowest BCUT2D eigenvalue weighted by atomic mass is 10.1. The van der Waals surface area contributed by atoms with Gasteiger partial charge in [0.1, 0.15) is 12.2 Å². The molecule has 0 amide bonds. The molecule has 6 nitrogen and oxygen atoms in total. The van der Waals surface area contributed by atoms with Gasteiger partial charge in [-0.05, 0) is 18.2 Å². The van der Waals surface area contributed by atoms with Crippen molar-refractivity contribution in [1.29, 1.82) is 0 Å². The SMILES string of the molecule is O[C@@H]1[C@@H](O)[C@H](Oc2cc(-c3ccc(F)nc3)cnc2F)SC[C@H]1O. The quantitative estimate of drug-likeness (QED) is 0.705. The van der Waals surface area contributed by atoms with Gasteiger partial charge in [0.05, 0.1) is 6.10 Å². The minimum atomic E-state index is -1.38. The van der Waals surface area contributed by atoms with Crippen molar-refractivity contribution in [3.63, 3.8) is 0 Å². The number of aliphatic hydroxyl groups is 3. The number of hydrogen-bond donors (Lipinski definition) is 3. The summed E-state index contributed by atoms with van der Waals surface area (Å²) in [6.45, 7) is 0. The molecule has 9 heteroatoms. The van der Waals surface area contributed by atoms with Crippen molar-refractivity contribution < 1.29 is 28.8 Å². The van der Waals surface area contributed by atoms with Crippen molar-refractivity contribution in [2.45, 2.75) is 23.7 Å². The van der Waals surface area contributed by atoms with Crippen LogP contribution in [0.5, 0.6) is 5.75 Å². The highest BCUT2D eigenvalue weighted by Crippen LogP contribution is 2.31. The number of thioether (sulfide) groups is 1. The van der Waals surface area contributed by atoms with Crippen LogP contribution in [0.1, 0.15) is 0 Å². The van der Waals surface area contributed by atoms with Crippen LogP contribution < -0.4 is 4.74 Å². The number of aliphatic hydroxyl groups excluding tert-OH is 3. The maximum atomic E-state index is 13.9. The number of rotatable bonds is 3. The Bertz CT molecular complexity index is 719. The Labute approximate surface area is 140 Å². The summed E-state index contributed by atoms with van der Waals surface area (Å²) in [5, 5.41) is 29.1. The molecule has 0 spiro atoms. The number of nitrogens with zero attached hydrogens (tertiary/aromatic N) is 2. The van der Waals surface area contributed by atoms with Crippen molar-refractivity contribution in [3.05, 3.63) is 42.5 Å². The van der Waals surface area contributed by atoms with E-state index in [1.165, 1.54) is 24.5 Å². The first kappa shape index (κ1) is 17.0. The van der Waals surface area contributed by atoms with Gasteiger partial charge in [-0.15, -0.1) is 11.8 Å². The van der Waals surface area contributed by atoms with Gasteiger partial charge in [-0.2, -0.15) is 8.78 Å². The third-order valence-electron chi connectivity index (χ3n) is 3.56. The lowest BCUT2D eigenvalue weighted by molar-refractivity contribution is -0.0790. The number of hydrogen-bond acceptors (Lipinski definition) is 7. The summed E-state index contributed by atoms with van der Waals surface area (Å²) in [5.74, 6) is -1.61. The van der Waals surface area contributed by atoms with Crippen molar-refractivity contribution in [3.8, 4) is 16.9 Å². The van der Waals surface area contributed by atoms with Crippen LogP contribution in [0.3, 0.4) is 0 Å². The number of pyridine rings is 2. The first-order valence-corrected chi connectivity index (χ1v) is 8.10. The Morgan fingerprint density at radius 2 is 1.79 bits per heavy atom. The largest absolute Gasteiger partial charge is 0.472 e. The van der Waals surface area contributed by atoms with Crippen LogP contribution in [0.4, 0.5) is 8.78 Å². The molecule has 1 aliphatic heterocycles. The van der Waals surface area contributed by atoms with Gasteiger partial charge < -0.3 is 20.1 Å². The van der Waals surface area contributed by atoms with E-state index in [0.29, 0.717) is 11.1 Å². The predicted molar refractivity (Wildman–Crippen MR) is 82.3 cm³/mol. The van der Waals surface area contributed by atoms with E-state index in [4.69, 9.17) is 4.74 Å². The molecule has 3 heterocycles. The molecule has 0 bridgehead atoms. The molecule has 3 rings (SSSR count). The molecule has 0 aliphatic carbocycles. The molecule has 24 heavy (non-hydrogen) atoms. The van der Waals surface area contributed by atoms with Gasteiger partial charge in [-0.1, -0.05) is 0 Å². The second kappa shape index (κ2) is 6.98. The third kappa shape index (κ3) is 3.48. The number of aromatic nitrogens is 2. The molecule has 1 fully saturated rings. The van der Waals surface area contributed by atoms with E-state index in [2.05, 4.69) is 9.97 Å². The lowest BCUT2D eigenvalue weighted by Gasteiger charge is -2.34. The number of halogens is 2. The Morgan fingerprint density at radius 1 is 1.04 bits per heavy atom. The minimum absolute atomic E-state index is 0.138. The van der Waals surface area contributed by atoms with Crippen LogP contribution in [0.25, 0.3) is 11.1 Å². The molecule has 0 saturated carbocycles. The number of ether oxygens (including phenoxy) is 1. The van der Waals surface area contributed by atoms with E-state index in [0.717, 1.165) is 17.8 Å². The Hall–Kier alpha value is -1.81. The van der Waals surface area contributed by atoms with Crippen molar-refractivity contribution in [2.24, 2.45) is 0 Å². The lowest BCUT2D eigenvalue weighted by Crippen LogP contribution is -2.50. The highest BCUT2D eigenvalue weighted by molar-refractivity contribution is 7.99. The third-order valence-corrected chi connectivity index (χ3v) is 4.80. The van der Waals surface area contributed by atoms with E-state index in [1.807, 2.05) is 0 Å². The highest BCUT2D eigenvalue weighted by Gasteiger charge is 2.39. The van der Waals surface area contributed by atoms with Crippen LogP contribution in [-0.2, 0) is 0 Å². The van der Waals surface area contributed by atoms with E-state index >= 15 is 0 Å². The van der Waals surface area contributed by atoms with E-state index in [-0.39, 0.29) is 11.5 Å². The molecular formula is C15H14F2N2O4S. The van der Waals surface area contributed by atoms with Gasteiger partial charge in [0, 0.05) is 29.3 Å². The first-order valence-electron chi connectivity index (χ1n) is 7.05. The van der Waals surface area contributed by atoms with Crippen LogP contribution in [-0.4, -0.2) is 54.8 Å². The van der Waals surface area contributed by atoms with Crippen molar-refractivity contribution >= 4 is 11.8 Å². The van der Waals surface area contributed by atoms with E-state index in [9.17, 15) is 24.1 Å². The molecule has 2 aromatic rings. The zero-order valence-corrected chi connectivity index (χ0v) is 13.0. The zero-order valence-electron chi connectivity index (χ0n) is 12.2. The summed E-state index contributed by atoms with van der Waals surface area (Å²) in [7, 11) is 0. The Balaban J connectivity index is 1.83. The van der Waals surface area contributed by atoms with Gasteiger partial charge in [0.2, 0.25) is 5.95 Å². The average molecular weight is 356 g/mol. The molecule has 4 atom stereocenters. The fraction of sp³-hybridized carbons (Fsp3) is 0.333. The molecule has 0 radical (unpaired) electrons. The van der Waals surface area contributed by atoms with Gasteiger partial charge in [0.25, 0.3) is 5.95 Å². The Morgan fingerprint density at radius 3 is 2.50 bits per heavy atom. The smallest absolute Gasteiger partial charge is 0.255 e. The monoisotopic (exact) mass is 356 g/mol. The standard InChI is InChI=1S/C15H14F2N2O4S/c16-11-2-1-7(4-18-11)8-3-10(14(17)19-5-8)23-15-13(22)12(21)9(20)6-24-15/h1-5,9,12-13,15,20-22H,6H2/t9-,12+,13-,15-/m1/s1. The second-order valence-corrected chi connectivity index (χ2v) is 6.38. The predicted octanol–water partition coefficient (Wildman–Crippen LogP) is 0.956.